The van der Waals surface area contributed by atoms with Crippen LogP contribution in [0.1, 0.15) is 42.7 Å². The fraction of sp³-hybridized carbons (Fsp3) is 0.611. The zero-order valence-corrected chi connectivity index (χ0v) is 14.7. The van der Waals surface area contributed by atoms with Gasteiger partial charge in [-0.1, -0.05) is 13.8 Å². The van der Waals surface area contributed by atoms with Gasteiger partial charge in [-0.2, -0.15) is 0 Å². The van der Waals surface area contributed by atoms with Crippen molar-refractivity contribution in [2.45, 2.75) is 45.4 Å². The number of β-amino-alcohol motifs (C(OH)–C–C–N with tert-alkyl or cyclic N) is 1. The van der Waals surface area contributed by atoms with Gasteiger partial charge in [-0.25, -0.2) is 4.98 Å². The molecule has 0 fully saturated rings. The summed E-state index contributed by atoms with van der Waals surface area (Å²) < 4.78 is 13.0. The average Bonchev–Trinajstić information content (AvgIpc) is 3.15. The van der Waals surface area contributed by atoms with E-state index < -0.39 is 6.10 Å². The summed E-state index contributed by atoms with van der Waals surface area (Å²) in [5.74, 6) is 2.35. The summed E-state index contributed by atoms with van der Waals surface area (Å²) in [5.41, 5.74) is 2.48. The highest BCUT2D eigenvalue weighted by Gasteiger charge is 2.24. The van der Waals surface area contributed by atoms with Gasteiger partial charge in [0, 0.05) is 44.7 Å². The van der Waals surface area contributed by atoms with Crippen LogP contribution in [0, 0.1) is 0 Å². The van der Waals surface area contributed by atoms with E-state index in [-0.39, 0.29) is 0 Å². The van der Waals surface area contributed by atoms with Gasteiger partial charge in [0.1, 0.15) is 18.2 Å². The number of aromatic nitrogens is 2. The van der Waals surface area contributed by atoms with Gasteiger partial charge in [0.15, 0.2) is 0 Å². The molecule has 2 aromatic rings. The number of rotatable bonds is 7. The maximum absolute atomic E-state index is 10.2. The fourth-order valence-corrected chi connectivity index (χ4v) is 3.32. The van der Waals surface area contributed by atoms with Gasteiger partial charge < -0.3 is 18.8 Å². The van der Waals surface area contributed by atoms with Gasteiger partial charge in [0.2, 0.25) is 0 Å². The van der Waals surface area contributed by atoms with Crippen LogP contribution in [0.2, 0.25) is 0 Å². The Hall–Kier alpha value is -1.63. The minimum Gasteiger partial charge on any atom is -0.467 e. The molecule has 3 heterocycles. The van der Waals surface area contributed by atoms with Gasteiger partial charge in [-0.05, 0) is 12.1 Å². The predicted molar refractivity (Wildman–Crippen MR) is 90.6 cm³/mol. The van der Waals surface area contributed by atoms with E-state index in [0.29, 0.717) is 25.7 Å². The third-order valence-corrected chi connectivity index (χ3v) is 4.49. The van der Waals surface area contributed by atoms with Crippen molar-refractivity contribution in [1.29, 1.82) is 0 Å². The molecular formula is C18H27N3O3. The summed E-state index contributed by atoms with van der Waals surface area (Å²) in [6.45, 7) is 7.39. The molecule has 6 heteroatoms. The summed E-state index contributed by atoms with van der Waals surface area (Å²) in [7, 11) is 2.11. The average molecular weight is 333 g/mol. The Balaban J connectivity index is 1.49. The van der Waals surface area contributed by atoms with Gasteiger partial charge in [-0.3, -0.25) is 4.90 Å². The van der Waals surface area contributed by atoms with Crippen molar-refractivity contribution in [2.75, 3.05) is 19.7 Å². The number of hydrogen-bond donors (Lipinski definition) is 1. The van der Waals surface area contributed by atoms with Gasteiger partial charge >= 0.3 is 0 Å². The van der Waals surface area contributed by atoms with E-state index in [4.69, 9.17) is 14.1 Å². The second-order valence-electron chi connectivity index (χ2n) is 6.81. The highest BCUT2D eigenvalue weighted by atomic mass is 16.5. The van der Waals surface area contributed by atoms with Crippen LogP contribution in [0.5, 0.6) is 0 Å². The van der Waals surface area contributed by atoms with Crippen molar-refractivity contribution >= 4 is 0 Å². The summed E-state index contributed by atoms with van der Waals surface area (Å²) in [6, 6.07) is 3.70. The molecule has 0 spiro atoms. The zero-order chi connectivity index (χ0) is 17.1. The first-order chi connectivity index (χ1) is 11.5. The summed E-state index contributed by atoms with van der Waals surface area (Å²) in [5, 5.41) is 10.2. The Morgan fingerprint density at radius 2 is 2.25 bits per heavy atom. The van der Waals surface area contributed by atoms with E-state index in [2.05, 4.69) is 30.4 Å². The SMILES string of the molecule is CC(C)c1nc2c(n1C)CCN(C[C@H](O)COCc1ccco1)C2. The van der Waals surface area contributed by atoms with Crippen LogP contribution in [0.15, 0.2) is 22.8 Å². The molecule has 0 bridgehead atoms. The summed E-state index contributed by atoms with van der Waals surface area (Å²) >= 11 is 0. The Kier molecular flexibility index (Phi) is 5.38. The topological polar surface area (TPSA) is 63.7 Å². The molecule has 132 valence electrons. The van der Waals surface area contributed by atoms with Crippen LogP contribution >= 0.6 is 0 Å². The van der Waals surface area contributed by atoms with E-state index in [9.17, 15) is 5.11 Å². The lowest BCUT2D eigenvalue weighted by molar-refractivity contribution is 0.00284. The lowest BCUT2D eigenvalue weighted by Gasteiger charge is -2.28. The number of aliphatic hydroxyl groups is 1. The lowest BCUT2D eigenvalue weighted by Crippen LogP contribution is -2.38. The molecule has 1 aliphatic rings. The Morgan fingerprint density at radius 1 is 1.42 bits per heavy atom. The molecular weight excluding hydrogens is 306 g/mol. The predicted octanol–water partition coefficient (Wildman–Crippen LogP) is 2.07. The third kappa shape index (κ3) is 3.88. The minimum atomic E-state index is -0.505. The van der Waals surface area contributed by atoms with E-state index >= 15 is 0 Å². The minimum absolute atomic E-state index is 0.309. The van der Waals surface area contributed by atoms with Crippen LogP contribution < -0.4 is 0 Å². The molecule has 1 N–H and O–H groups in total. The normalized spacial score (nSPS) is 16.5. The molecule has 1 aliphatic heterocycles. The lowest BCUT2D eigenvalue weighted by atomic mass is 10.1. The molecule has 0 aliphatic carbocycles. The highest BCUT2D eigenvalue weighted by molar-refractivity contribution is 5.21. The second kappa shape index (κ2) is 7.51. The molecule has 0 unspecified atom stereocenters. The second-order valence-corrected chi connectivity index (χ2v) is 6.81. The fourth-order valence-electron chi connectivity index (χ4n) is 3.32. The number of aliphatic hydroxyl groups excluding tert-OH is 1. The first kappa shape index (κ1) is 17.2. The standard InChI is InChI=1S/C18H27N3O3/c1-13(2)18-19-16-10-21(7-6-17(16)20(18)3)9-14(22)11-23-12-15-5-4-8-24-15/h4-5,8,13-14,22H,6-7,9-12H2,1-3H3/t14-/m0/s1. The molecule has 6 nitrogen and oxygen atoms in total. The van der Waals surface area contributed by atoms with Crippen LogP contribution in [0.3, 0.4) is 0 Å². The number of fused-ring (bicyclic) bond motifs is 1. The molecule has 0 saturated heterocycles. The Bertz CT molecular complexity index is 649. The smallest absolute Gasteiger partial charge is 0.129 e. The largest absolute Gasteiger partial charge is 0.467 e. The van der Waals surface area contributed by atoms with Crippen molar-refractivity contribution in [1.82, 2.24) is 14.5 Å². The molecule has 2 aromatic heterocycles. The number of nitrogens with zero attached hydrogens (tertiary/aromatic N) is 3. The van der Waals surface area contributed by atoms with E-state index in [0.717, 1.165) is 36.8 Å². The monoisotopic (exact) mass is 333 g/mol. The van der Waals surface area contributed by atoms with Crippen molar-refractivity contribution in [3.8, 4) is 0 Å². The third-order valence-electron chi connectivity index (χ3n) is 4.49. The molecule has 0 saturated carbocycles. The van der Waals surface area contributed by atoms with E-state index in [1.165, 1.54) is 5.69 Å². The van der Waals surface area contributed by atoms with Crippen molar-refractivity contribution in [3.63, 3.8) is 0 Å². The van der Waals surface area contributed by atoms with Crippen LogP contribution in [0.25, 0.3) is 0 Å². The van der Waals surface area contributed by atoms with E-state index in [1.54, 1.807) is 6.26 Å². The van der Waals surface area contributed by atoms with Gasteiger partial charge in [-0.15, -0.1) is 0 Å². The van der Waals surface area contributed by atoms with Crippen LogP contribution in [-0.2, 0) is 31.4 Å². The Labute approximate surface area is 143 Å². The van der Waals surface area contributed by atoms with Crippen molar-refractivity contribution in [2.24, 2.45) is 7.05 Å². The highest BCUT2D eigenvalue weighted by Crippen LogP contribution is 2.23. The summed E-state index contributed by atoms with van der Waals surface area (Å²) in [4.78, 5) is 7.05. The number of furan rings is 1. The van der Waals surface area contributed by atoms with Gasteiger partial charge in [0.05, 0.1) is 24.7 Å². The summed E-state index contributed by atoms with van der Waals surface area (Å²) in [6.07, 6.45) is 2.10. The number of ether oxygens (including phenoxy) is 1. The van der Waals surface area contributed by atoms with Crippen molar-refractivity contribution < 1.29 is 14.3 Å². The first-order valence-electron chi connectivity index (χ1n) is 8.59. The van der Waals surface area contributed by atoms with E-state index in [1.807, 2.05) is 12.1 Å². The Morgan fingerprint density at radius 3 is 2.96 bits per heavy atom. The van der Waals surface area contributed by atoms with Crippen LogP contribution in [0.4, 0.5) is 0 Å². The molecule has 1 atom stereocenters. The zero-order valence-electron chi connectivity index (χ0n) is 14.7. The maximum Gasteiger partial charge on any atom is 0.129 e. The molecule has 24 heavy (non-hydrogen) atoms. The molecule has 0 aromatic carbocycles. The number of imidazole rings is 1. The van der Waals surface area contributed by atoms with Crippen molar-refractivity contribution in [3.05, 3.63) is 41.4 Å². The number of hydrogen-bond acceptors (Lipinski definition) is 5. The first-order valence-corrected chi connectivity index (χ1v) is 8.59. The maximum atomic E-state index is 10.2. The molecule has 3 rings (SSSR count). The molecule has 0 radical (unpaired) electrons. The van der Waals surface area contributed by atoms with Crippen LogP contribution in [-0.4, -0.2) is 45.4 Å². The van der Waals surface area contributed by atoms with Gasteiger partial charge in [0.25, 0.3) is 0 Å². The molecule has 0 amide bonds. The quantitative estimate of drug-likeness (QED) is 0.840.